The molecule has 1 aliphatic rings. The van der Waals surface area contributed by atoms with Gasteiger partial charge in [-0.3, -0.25) is 0 Å². The molecule has 0 fully saturated rings. The zero-order valence-corrected chi connectivity index (χ0v) is 18.2. The van der Waals surface area contributed by atoms with Crippen LogP contribution in [-0.2, 0) is 6.61 Å². The van der Waals surface area contributed by atoms with E-state index in [1.807, 2.05) is 77.5 Å². The highest BCUT2D eigenvalue weighted by Crippen LogP contribution is 2.36. The van der Waals surface area contributed by atoms with E-state index in [1.165, 1.54) is 0 Å². The van der Waals surface area contributed by atoms with Crippen LogP contribution in [0.4, 0.5) is 5.95 Å². The lowest BCUT2D eigenvalue weighted by molar-refractivity contribution is 0.284. The number of aromatic nitrogens is 3. The highest BCUT2D eigenvalue weighted by atomic mass is 35.5. The van der Waals surface area contributed by atoms with Crippen LogP contribution in [0.15, 0.2) is 85.2 Å². The van der Waals surface area contributed by atoms with Crippen LogP contribution in [0.1, 0.15) is 22.7 Å². The van der Waals surface area contributed by atoms with E-state index >= 15 is 0 Å². The minimum atomic E-state index is -0.163. The summed E-state index contributed by atoms with van der Waals surface area (Å²) < 4.78 is 13.5. The predicted molar refractivity (Wildman–Crippen MR) is 125 cm³/mol. The summed E-state index contributed by atoms with van der Waals surface area (Å²) in [7, 11) is 1.64. The topological polar surface area (TPSA) is 61.2 Å². The van der Waals surface area contributed by atoms with Gasteiger partial charge in [0.1, 0.15) is 19.0 Å². The molecule has 0 aliphatic carbocycles. The molecule has 1 N–H and O–H groups in total. The maximum Gasteiger partial charge on any atom is 0.226 e. The van der Waals surface area contributed by atoms with E-state index in [9.17, 15) is 0 Å². The number of nitrogens with zero attached hydrogens (tertiary/aromatic N) is 3. The Bertz CT molecular complexity index is 1250. The van der Waals surface area contributed by atoms with Crippen molar-refractivity contribution in [1.29, 1.82) is 0 Å². The average Bonchev–Trinajstić information content (AvgIpc) is 3.32. The Morgan fingerprint density at radius 3 is 2.59 bits per heavy atom. The molecule has 1 aliphatic heterocycles. The van der Waals surface area contributed by atoms with Crippen LogP contribution in [0.3, 0.4) is 0 Å². The number of ether oxygens (including phenoxy) is 2. The van der Waals surface area contributed by atoms with Crippen LogP contribution >= 0.6 is 11.6 Å². The van der Waals surface area contributed by atoms with Gasteiger partial charge in [-0.05, 0) is 47.0 Å². The maximum absolute atomic E-state index is 6.12. The van der Waals surface area contributed by atoms with Crippen molar-refractivity contribution < 1.29 is 9.47 Å². The lowest BCUT2D eigenvalue weighted by Gasteiger charge is -2.25. The van der Waals surface area contributed by atoms with Crippen LogP contribution in [0.2, 0.25) is 5.02 Å². The number of methoxy groups -OCH3 is 1. The van der Waals surface area contributed by atoms with Crippen LogP contribution in [0, 0.1) is 0 Å². The summed E-state index contributed by atoms with van der Waals surface area (Å²) in [5.41, 5.74) is 4.05. The predicted octanol–water partition coefficient (Wildman–Crippen LogP) is 5.58. The minimum Gasteiger partial charge on any atom is -0.493 e. The van der Waals surface area contributed by atoms with E-state index in [4.69, 9.17) is 21.1 Å². The molecule has 5 rings (SSSR count). The van der Waals surface area contributed by atoms with Gasteiger partial charge >= 0.3 is 0 Å². The maximum atomic E-state index is 6.12. The third-order valence-electron chi connectivity index (χ3n) is 5.33. The average molecular weight is 445 g/mol. The van der Waals surface area contributed by atoms with Gasteiger partial charge in [0.25, 0.3) is 0 Å². The highest BCUT2D eigenvalue weighted by molar-refractivity contribution is 6.30. The first-order valence-electron chi connectivity index (χ1n) is 10.2. The molecule has 0 radical (unpaired) electrons. The van der Waals surface area contributed by atoms with E-state index in [0.29, 0.717) is 29.1 Å². The van der Waals surface area contributed by atoms with Crippen molar-refractivity contribution in [2.45, 2.75) is 12.6 Å². The smallest absolute Gasteiger partial charge is 0.226 e. The Morgan fingerprint density at radius 2 is 1.81 bits per heavy atom. The van der Waals surface area contributed by atoms with Gasteiger partial charge in [0.15, 0.2) is 11.5 Å². The summed E-state index contributed by atoms with van der Waals surface area (Å²) >= 11 is 6.07. The molecular weight excluding hydrogens is 424 g/mol. The fourth-order valence-electron chi connectivity index (χ4n) is 3.69. The van der Waals surface area contributed by atoms with Crippen molar-refractivity contribution >= 4 is 23.2 Å². The number of halogens is 1. The first-order valence-corrected chi connectivity index (χ1v) is 10.6. The first-order chi connectivity index (χ1) is 15.7. The number of allylic oxidation sites excluding steroid dienone is 1. The Balaban J connectivity index is 1.50. The van der Waals surface area contributed by atoms with Gasteiger partial charge in [-0.25, -0.2) is 4.68 Å². The molecule has 1 atom stereocenters. The standard InChI is InChI=1S/C25H21ClN4O2/c1-31-23-12-9-19(13-24(23)32-15-17-5-3-2-4-6-17)22-14-21(18-7-10-20(26)11-8-18)29-25-27-16-28-30(22)25/h2-14,16,22H,15H2,1H3,(H,27,28,29)/t22-/m1/s1. The lowest BCUT2D eigenvalue weighted by Crippen LogP contribution is -2.20. The summed E-state index contributed by atoms with van der Waals surface area (Å²) in [5.74, 6) is 2.03. The van der Waals surface area contributed by atoms with Crippen molar-refractivity contribution in [3.8, 4) is 11.5 Å². The largest absolute Gasteiger partial charge is 0.493 e. The monoisotopic (exact) mass is 444 g/mol. The Kier molecular flexibility index (Phi) is 5.52. The van der Waals surface area contributed by atoms with Crippen LogP contribution in [-0.4, -0.2) is 21.9 Å². The van der Waals surface area contributed by atoms with Crippen molar-refractivity contribution in [2.24, 2.45) is 0 Å². The summed E-state index contributed by atoms with van der Waals surface area (Å²) in [6, 6.07) is 23.5. The second-order valence-electron chi connectivity index (χ2n) is 7.37. The fourth-order valence-corrected chi connectivity index (χ4v) is 3.82. The fraction of sp³-hybridized carbons (Fsp3) is 0.120. The van der Waals surface area contributed by atoms with Gasteiger partial charge in [0, 0.05) is 10.7 Å². The molecule has 0 unspecified atom stereocenters. The summed E-state index contributed by atoms with van der Waals surface area (Å²) in [5, 5.41) is 8.47. The Hall–Kier alpha value is -3.77. The van der Waals surface area contributed by atoms with E-state index in [-0.39, 0.29) is 6.04 Å². The zero-order valence-electron chi connectivity index (χ0n) is 17.4. The first kappa shape index (κ1) is 20.2. The van der Waals surface area contributed by atoms with Gasteiger partial charge in [-0.2, -0.15) is 10.1 Å². The zero-order chi connectivity index (χ0) is 21.9. The van der Waals surface area contributed by atoms with Gasteiger partial charge in [0.05, 0.1) is 7.11 Å². The second-order valence-corrected chi connectivity index (χ2v) is 7.81. The molecule has 32 heavy (non-hydrogen) atoms. The molecule has 0 amide bonds. The number of rotatable bonds is 6. The van der Waals surface area contributed by atoms with Gasteiger partial charge in [0.2, 0.25) is 5.95 Å². The molecule has 1 aromatic heterocycles. The van der Waals surface area contributed by atoms with E-state index in [0.717, 1.165) is 22.4 Å². The molecule has 0 saturated carbocycles. The number of anilines is 1. The van der Waals surface area contributed by atoms with Crippen molar-refractivity contribution in [3.05, 3.63) is 107 Å². The molecule has 3 aromatic carbocycles. The van der Waals surface area contributed by atoms with Crippen LogP contribution in [0.25, 0.3) is 5.70 Å². The number of hydrogen-bond donors (Lipinski definition) is 1. The SMILES string of the molecule is COc1ccc([C@H]2C=C(c3ccc(Cl)cc3)Nc3ncnn32)cc1OCc1ccccc1. The molecule has 0 spiro atoms. The summed E-state index contributed by atoms with van der Waals surface area (Å²) in [4.78, 5) is 4.38. The summed E-state index contributed by atoms with van der Waals surface area (Å²) in [6.45, 7) is 0.452. The van der Waals surface area contributed by atoms with Crippen molar-refractivity contribution in [1.82, 2.24) is 14.8 Å². The lowest BCUT2D eigenvalue weighted by atomic mass is 10.0. The van der Waals surface area contributed by atoms with Gasteiger partial charge in [-0.1, -0.05) is 60.1 Å². The number of hydrogen-bond acceptors (Lipinski definition) is 5. The Labute approximate surface area is 191 Å². The molecule has 4 aromatic rings. The third-order valence-corrected chi connectivity index (χ3v) is 5.58. The van der Waals surface area contributed by atoms with Gasteiger partial charge < -0.3 is 14.8 Å². The molecule has 0 bridgehead atoms. The normalized spacial score (nSPS) is 14.8. The molecular formula is C25H21ClN4O2. The van der Waals surface area contributed by atoms with Crippen LogP contribution in [0.5, 0.6) is 11.5 Å². The summed E-state index contributed by atoms with van der Waals surface area (Å²) in [6.07, 6.45) is 3.66. The third kappa shape index (κ3) is 4.05. The van der Waals surface area contributed by atoms with Crippen LogP contribution < -0.4 is 14.8 Å². The van der Waals surface area contributed by atoms with E-state index < -0.39 is 0 Å². The van der Waals surface area contributed by atoms with Crippen molar-refractivity contribution in [2.75, 3.05) is 12.4 Å². The van der Waals surface area contributed by atoms with Crippen molar-refractivity contribution in [3.63, 3.8) is 0 Å². The van der Waals surface area contributed by atoms with E-state index in [1.54, 1.807) is 13.4 Å². The van der Waals surface area contributed by atoms with E-state index in [2.05, 4.69) is 21.5 Å². The molecule has 160 valence electrons. The molecule has 0 saturated heterocycles. The number of nitrogens with one attached hydrogen (secondary N) is 1. The molecule has 7 heteroatoms. The molecule has 6 nitrogen and oxygen atoms in total. The Morgan fingerprint density at radius 1 is 1.00 bits per heavy atom. The number of fused-ring (bicyclic) bond motifs is 1. The highest BCUT2D eigenvalue weighted by Gasteiger charge is 2.24. The molecule has 2 heterocycles. The number of benzene rings is 3. The second kappa shape index (κ2) is 8.77. The van der Waals surface area contributed by atoms with Gasteiger partial charge in [-0.15, -0.1) is 0 Å². The minimum absolute atomic E-state index is 0.163. The quantitative estimate of drug-likeness (QED) is 0.421.